The molecule has 4 aromatic carbocycles. The van der Waals surface area contributed by atoms with Crippen molar-refractivity contribution in [3.05, 3.63) is 130 Å². The molecule has 7 nitrogen and oxygen atoms in total. The summed E-state index contributed by atoms with van der Waals surface area (Å²) < 4.78 is 36.5. The van der Waals surface area contributed by atoms with Gasteiger partial charge < -0.3 is 24.7 Å². The summed E-state index contributed by atoms with van der Waals surface area (Å²) in [7, 11) is 0. The van der Waals surface area contributed by atoms with E-state index in [2.05, 4.69) is 6.07 Å². The minimum Gasteiger partial charge on any atom is -0.489 e. The maximum Gasteiger partial charge on any atom is 0.349 e. The second-order valence-electron chi connectivity index (χ2n) is 9.66. The number of allylic oxidation sites excluding steroid dienone is 1. The van der Waals surface area contributed by atoms with Crippen LogP contribution in [0.2, 0.25) is 0 Å². The molecule has 0 amide bonds. The Kier molecular flexibility index (Phi) is 7.88. The summed E-state index contributed by atoms with van der Waals surface area (Å²) >= 11 is 0. The fourth-order valence-corrected chi connectivity index (χ4v) is 4.69. The molecule has 0 saturated carbocycles. The average molecular weight is 551 g/mol. The molecule has 0 spiro atoms. The monoisotopic (exact) mass is 550 g/mol. The quantitative estimate of drug-likeness (QED) is 0.205. The van der Waals surface area contributed by atoms with E-state index in [1.807, 2.05) is 44.2 Å². The number of halogens is 1. The van der Waals surface area contributed by atoms with Crippen LogP contribution in [0.4, 0.5) is 4.39 Å². The molecule has 5 rings (SSSR count). The number of hydrogen-bond donors (Lipinski definition) is 1. The third-order valence-corrected chi connectivity index (χ3v) is 6.54. The van der Waals surface area contributed by atoms with Gasteiger partial charge in [-0.3, -0.25) is 0 Å². The SMILES string of the molecule is Cc1cc(C)cc(OCC(=O)Oc2ccc3c(c2)OC(N)=C(C#N)C3c2ccc(OCc3ccccc3F)cc2)c1. The standard InChI is InChI=1S/C33H27FN2O5/c1-20-13-21(2)15-26(14-20)39-19-31(37)40-25-11-12-27-30(16-25)41-33(36)28(17-35)32(27)22-7-9-24(10-8-22)38-18-23-5-3-4-6-29(23)34/h3-16,32H,18-19,36H2,1-2H3. The van der Waals surface area contributed by atoms with Crippen molar-refractivity contribution in [2.24, 2.45) is 5.73 Å². The number of hydrogen-bond acceptors (Lipinski definition) is 7. The van der Waals surface area contributed by atoms with Crippen LogP contribution in [0, 0.1) is 31.0 Å². The van der Waals surface area contributed by atoms with Crippen LogP contribution in [0.1, 0.15) is 33.7 Å². The zero-order valence-electron chi connectivity index (χ0n) is 22.5. The molecular formula is C33H27FN2O5. The molecule has 1 atom stereocenters. The lowest BCUT2D eigenvalue weighted by Gasteiger charge is -2.26. The van der Waals surface area contributed by atoms with Gasteiger partial charge in [-0.1, -0.05) is 42.5 Å². The van der Waals surface area contributed by atoms with Gasteiger partial charge in [0.2, 0.25) is 5.88 Å². The molecule has 1 aliphatic rings. The van der Waals surface area contributed by atoms with Gasteiger partial charge in [-0.05, 0) is 66.9 Å². The van der Waals surface area contributed by atoms with Gasteiger partial charge in [0.25, 0.3) is 0 Å². The first kappa shape index (κ1) is 27.3. The molecule has 0 aliphatic carbocycles. The molecule has 0 fully saturated rings. The lowest BCUT2D eigenvalue weighted by atomic mass is 9.83. The van der Waals surface area contributed by atoms with E-state index < -0.39 is 11.9 Å². The lowest BCUT2D eigenvalue weighted by molar-refractivity contribution is -0.136. The van der Waals surface area contributed by atoms with Gasteiger partial charge in [-0.2, -0.15) is 5.26 Å². The molecule has 2 N–H and O–H groups in total. The molecular weight excluding hydrogens is 523 g/mol. The number of rotatable bonds is 8. The third-order valence-electron chi connectivity index (χ3n) is 6.54. The van der Waals surface area contributed by atoms with Gasteiger partial charge in [0.1, 0.15) is 47.1 Å². The number of carbonyl (C=O) groups is 1. The minimum absolute atomic E-state index is 0.0356. The van der Waals surface area contributed by atoms with Crippen LogP contribution in [0.5, 0.6) is 23.0 Å². The first-order valence-corrected chi connectivity index (χ1v) is 12.9. The van der Waals surface area contributed by atoms with E-state index in [1.165, 1.54) is 6.07 Å². The molecule has 0 bridgehead atoms. The molecule has 4 aromatic rings. The normalized spacial score (nSPS) is 14.0. The zero-order valence-corrected chi connectivity index (χ0v) is 22.5. The van der Waals surface area contributed by atoms with Gasteiger partial charge >= 0.3 is 5.97 Å². The largest absolute Gasteiger partial charge is 0.489 e. The molecule has 8 heteroatoms. The molecule has 1 unspecified atom stereocenters. The summed E-state index contributed by atoms with van der Waals surface area (Å²) in [6, 6.07) is 26.3. The Balaban J connectivity index is 1.30. The van der Waals surface area contributed by atoms with Crippen molar-refractivity contribution in [3.63, 3.8) is 0 Å². The number of nitrogens with two attached hydrogens (primary N) is 1. The maximum atomic E-state index is 13.9. The van der Waals surface area contributed by atoms with Gasteiger partial charge in [0.15, 0.2) is 6.61 Å². The fraction of sp³-hybridized carbons (Fsp3) is 0.152. The van der Waals surface area contributed by atoms with Crippen LogP contribution < -0.4 is 24.7 Å². The van der Waals surface area contributed by atoms with Crippen molar-refractivity contribution in [1.29, 1.82) is 5.26 Å². The highest BCUT2D eigenvalue weighted by Gasteiger charge is 2.31. The highest BCUT2D eigenvalue weighted by Crippen LogP contribution is 2.43. The first-order chi connectivity index (χ1) is 19.8. The van der Waals surface area contributed by atoms with E-state index in [0.717, 1.165) is 16.7 Å². The highest BCUT2D eigenvalue weighted by atomic mass is 19.1. The van der Waals surface area contributed by atoms with Crippen molar-refractivity contribution in [1.82, 2.24) is 0 Å². The molecule has 0 saturated heterocycles. The maximum absolute atomic E-state index is 13.9. The smallest absolute Gasteiger partial charge is 0.349 e. The third kappa shape index (κ3) is 6.31. The van der Waals surface area contributed by atoms with Crippen molar-refractivity contribution in [2.75, 3.05) is 6.61 Å². The van der Waals surface area contributed by atoms with E-state index in [4.69, 9.17) is 24.7 Å². The number of aryl methyl sites for hydroxylation is 2. The number of nitriles is 1. The Labute approximate surface area is 237 Å². The predicted octanol–water partition coefficient (Wildman–Crippen LogP) is 6.22. The van der Waals surface area contributed by atoms with Crippen LogP contribution in [0.3, 0.4) is 0 Å². The van der Waals surface area contributed by atoms with Gasteiger partial charge in [-0.15, -0.1) is 0 Å². The van der Waals surface area contributed by atoms with E-state index in [0.29, 0.717) is 28.4 Å². The Hall–Kier alpha value is -5.29. The Bertz CT molecular complexity index is 1650. The summed E-state index contributed by atoms with van der Waals surface area (Å²) in [4.78, 5) is 12.5. The average Bonchev–Trinajstić information content (AvgIpc) is 2.95. The van der Waals surface area contributed by atoms with Crippen molar-refractivity contribution >= 4 is 5.97 Å². The second-order valence-corrected chi connectivity index (χ2v) is 9.66. The van der Waals surface area contributed by atoms with Crippen LogP contribution in [0.25, 0.3) is 0 Å². The molecule has 0 aromatic heterocycles. The number of ether oxygens (including phenoxy) is 4. The number of fused-ring (bicyclic) bond motifs is 1. The fourth-order valence-electron chi connectivity index (χ4n) is 4.69. The van der Waals surface area contributed by atoms with E-state index in [9.17, 15) is 14.4 Å². The minimum atomic E-state index is -0.580. The molecule has 1 heterocycles. The Morgan fingerprint density at radius 3 is 2.34 bits per heavy atom. The van der Waals surface area contributed by atoms with E-state index in [1.54, 1.807) is 48.5 Å². The Morgan fingerprint density at radius 1 is 0.927 bits per heavy atom. The van der Waals surface area contributed by atoms with Crippen LogP contribution in [0.15, 0.2) is 96.4 Å². The molecule has 206 valence electrons. The molecule has 41 heavy (non-hydrogen) atoms. The predicted molar refractivity (Wildman–Crippen MR) is 150 cm³/mol. The van der Waals surface area contributed by atoms with Crippen LogP contribution in [-0.4, -0.2) is 12.6 Å². The summed E-state index contributed by atoms with van der Waals surface area (Å²) in [5.41, 5.74) is 10.3. The van der Waals surface area contributed by atoms with Gasteiger partial charge in [0.05, 0.1) is 5.92 Å². The van der Waals surface area contributed by atoms with Gasteiger partial charge in [0, 0.05) is 17.2 Å². The zero-order chi connectivity index (χ0) is 28.9. The second kappa shape index (κ2) is 11.8. The number of carbonyl (C=O) groups excluding carboxylic acids is 1. The summed E-state index contributed by atoms with van der Waals surface area (Å²) in [6.45, 7) is 3.72. The van der Waals surface area contributed by atoms with Crippen LogP contribution in [-0.2, 0) is 11.4 Å². The van der Waals surface area contributed by atoms with Crippen molar-refractivity contribution in [2.45, 2.75) is 26.4 Å². The first-order valence-electron chi connectivity index (χ1n) is 12.9. The summed E-state index contributed by atoms with van der Waals surface area (Å²) in [5.74, 6) is 0.290. The molecule has 0 radical (unpaired) electrons. The lowest BCUT2D eigenvalue weighted by Crippen LogP contribution is -2.21. The molecule has 1 aliphatic heterocycles. The number of benzene rings is 4. The summed E-state index contributed by atoms with van der Waals surface area (Å²) in [6.07, 6.45) is 0. The van der Waals surface area contributed by atoms with Crippen molar-refractivity contribution in [3.8, 4) is 29.1 Å². The topological polar surface area (TPSA) is 104 Å². The van der Waals surface area contributed by atoms with E-state index in [-0.39, 0.29) is 36.2 Å². The Morgan fingerprint density at radius 2 is 1.63 bits per heavy atom. The number of esters is 1. The number of nitrogens with zero attached hydrogens (tertiary/aromatic N) is 1. The van der Waals surface area contributed by atoms with E-state index >= 15 is 0 Å². The summed E-state index contributed by atoms with van der Waals surface area (Å²) in [5, 5.41) is 9.86. The van der Waals surface area contributed by atoms with Crippen molar-refractivity contribution < 1.29 is 28.1 Å². The highest BCUT2D eigenvalue weighted by molar-refractivity contribution is 5.74. The van der Waals surface area contributed by atoms with Gasteiger partial charge in [-0.25, -0.2) is 9.18 Å². The van der Waals surface area contributed by atoms with Crippen LogP contribution >= 0.6 is 0 Å².